The van der Waals surface area contributed by atoms with E-state index in [2.05, 4.69) is 30.2 Å². The van der Waals surface area contributed by atoms with Crippen molar-refractivity contribution in [3.05, 3.63) is 58.2 Å². The second-order valence-corrected chi connectivity index (χ2v) is 11.4. The molecule has 5 rings (SSSR count). The monoisotopic (exact) mass is 520 g/mol. The van der Waals surface area contributed by atoms with Crippen LogP contribution < -0.4 is 10.9 Å². The van der Waals surface area contributed by atoms with Crippen molar-refractivity contribution < 1.29 is 8.42 Å². The standard InChI is InChI=1S/C25H28N8O3S/c1-5-14(2)33-24-18(12-28-22(32-24)20-15(3)29-13-30-21(20)17-7-8-17)31-23(25(33)34)27-11-16-6-9-19(26-10-16)37(4,35)36/h6,9-10,12-14,17H,5,7-8,11H2,1-4H3,(H,27,31)/t14-/m0/s1. The minimum atomic E-state index is -3.39. The molecule has 4 heterocycles. The van der Waals surface area contributed by atoms with Crippen molar-refractivity contribution >= 4 is 26.8 Å². The zero-order chi connectivity index (χ0) is 26.3. The highest BCUT2D eigenvalue weighted by atomic mass is 32.2. The SMILES string of the molecule is CC[C@H](C)n1c(=O)c(NCc2ccc(S(C)(=O)=O)nc2)nc2cnc(-c3c(C)ncnc3C3CC3)nc21. The Morgan fingerprint density at radius 1 is 1.11 bits per heavy atom. The molecule has 4 aromatic heterocycles. The predicted molar refractivity (Wildman–Crippen MR) is 139 cm³/mol. The zero-order valence-electron chi connectivity index (χ0n) is 21.1. The Morgan fingerprint density at radius 3 is 2.54 bits per heavy atom. The molecule has 0 spiro atoms. The minimum Gasteiger partial charge on any atom is -0.361 e. The molecular formula is C25H28N8O3S. The van der Waals surface area contributed by atoms with Crippen molar-refractivity contribution in [2.75, 3.05) is 11.6 Å². The van der Waals surface area contributed by atoms with Crippen molar-refractivity contribution in [1.29, 1.82) is 0 Å². The molecule has 0 bridgehead atoms. The van der Waals surface area contributed by atoms with Gasteiger partial charge in [0.2, 0.25) is 0 Å². The maximum atomic E-state index is 13.5. The Balaban J connectivity index is 1.55. The summed E-state index contributed by atoms with van der Waals surface area (Å²) >= 11 is 0. The van der Waals surface area contributed by atoms with Crippen molar-refractivity contribution in [2.24, 2.45) is 0 Å². The van der Waals surface area contributed by atoms with Crippen LogP contribution in [0.3, 0.4) is 0 Å². The normalized spacial score (nSPS) is 14.6. The van der Waals surface area contributed by atoms with E-state index >= 15 is 0 Å². The average molecular weight is 521 g/mol. The molecule has 1 fully saturated rings. The first-order chi connectivity index (χ1) is 17.7. The lowest BCUT2D eigenvalue weighted by atomic mass is 10.1. The van der Waals surface area contributed by atoms with Crippen molar-refractivity contribution in [3.63, 3.8) is 0 Å². The highest BCUT2D eigenvalue weighted by Crippen LogP contribution is 2.43. The smallest absolute Gasteiger partial charge is 0.295 e. The first kappa shape index (κ1) is 24.9. The Morgan fingerprint density at radius 2 is 1.89 bits per heavy atom. The number of fused-ring (bicyclic) bond motifs is 1. The molecule has 12 heteroatoms. The second kappa shape index (κ2) is 9.58. The number of aryl methyl sites for hydroxylation is 1. The van der Waals surface area contributed by atoms with Crippen LogP contribution in [0.4, 0.5) is 5.82 Å². The zero-order valence-corrected chi connectivity index (χ0v) is 21.9. The van der Waals surface area contributed by atoms with E-state index in [1.165, 1.54) is 12.3 Å². The van der Waals surface area contributed by atoms with Crippen LogP contribution in [-0.2, 0) is 16.4 Å². The molecule has 0 amide bonds. The summed E-state index contributed by atoms with van der Waals surface area (Å²) in [6.45, 7) is 6.14. The molecule has 0 radical (unpaired) electrons. The maximum Gasteiger partial charge on any atom is 0.295 e. The van der Waals surface area contributed by atoms with Gasteiger partial charge in [-0.2, -0.15) is 0 Å². The summed E-state index contributed by atoms with van der Waals surface area (Å²) in [6, 6.07) is 2.97. The maximum absolute atomic E-state index is 13.5. The van der Waals surface area contributed by atoms with Crippen LogP contribution >= 0.6 is 0 Å². The number of nitrogens with one attached hydrogen (secondary N) is 1. The van der Waals surface area contributed by atoms with E-state index in [0.717, 1.165) is 42.5 Å². The second-order valence-electron chi connectivity index (χ2n) is 9.42. The molecule has 0 saturated heterocycles. The third-order valence-electron chi connectivity index (χ3n) is 6.55. The number of sulfone groups is 1. The lowest BCUT2D eigenvalue weighted by Crippen LogP contribution is -2.28. The molecule has 37 heavy (non-hydrogen) atoms. The summed E-state index contributed by atoms with van der Waals surface area (Å²) in [5.41, 5.74) is 3.93. The Bertz CT molecular complexity index is 1650. The molecule has 4 aromatic rings. The van der Waals surface area contributed by atoms with Crippen LogP contribution in [-0.4, -0.2) is 49.1 Å². The molecule has 0 aromatic carbocycles. The van der Waals surface area contributed by atoms with Gasteiger partial charge in [-0.05, 0) is 44.7 Å². The predicted octanol–water partition coefficient (Wildman–Crippen LogP) is 3.21. The molecule has 1 aliphatic rings. The van der Waals surface area contributed by atoms with Gasteiger partial charge in [-0.1, -0.05) is 13.0 Å². The molecule has 1 atom stereocenters. The molecule has 11 nitrogen and oxygen atoms in total. The van der Waals surface area contributed by atoms with Gasteiger partial charge in [0, 0.05) is 31.0 Å². The largest absolute Gasteiger partial charge is 0.361 e. The fraction of sp³-hybridized carbons (Fsp3) is 0.400. The number of pyridine rings is 1. The van der Waals surface area contributed by atoms with E-state index in [1.54, 1.807) is 23.2 Å². The summed E-state index contributed by atoms with van der Waals surface area (Å²) in [5, 5.41) is 3.07. The lowest BCUT2D eigenvalue weighted by molar-refractivity contribution is 0.526. The Hall–Kier alpha value is -3.80. The quantitative estimate of drug-likeness (QED) is 0.367. The lowest BCUT2D eigenvalue weighted by Gasteiger charge is -2.18. The first-order valence-corrected chi connectivity index (χ1v) is 14.1. The number of hydrogen-bond donors (Lipinski definition) is 1. The van der Waals surface area contributed by atoms with E-state index in [0.29, 0.717) is 28.5 Å². The van der Waals surface area contributed by atoms with Crippen LogP contribution in [0.15, 0.2) is 40.7 Å². The Kier molecular flexibility index (Phi) is 6.44. The van der Waals surface area contributed by atoms with Gasteiger partial charge in [0.1, 0.15) is 11.8 Å². The van der Waals surface area contributed by atoms with Crippen LogP contribution in [0.2, 0.25) is 0 Å². The van der Waals surface area contributed by atoms with E-state index in [-0.39, 0.29) is 29.0 Å². The topological polar surface area (TPSA) is 146 Å². The summed E-state index contributed by atoms with van der Waals surface area (Å²) in [7, 11) is -3.39. The molecule has 0 unspecified atom stereocenters. The van der Waals surface area contributed by atoms with Gasteiger partial charge in [-0.3, -0.25) is 9.36 Å². The number of nitrogens with zero attached hydrogens (tertiary/aromatic N) is 7. The first-order valence-electron chi connectivity index (χ1n) is 12.2. The van der Waals surface area contributed by atoms with Gasteiger partial charge in [-0.25, -0.2) is 38.3 Å². The molecule has 1 aliphatic carbocycles. The van der Waals surface area contributed by atoms with E-state index < -0.39 is 9.84 Å². The summed E-state index contributed by atoms with van der Waals surface area (Å²) in [6.07, 6.45) is 8.66. The molecule has 1 saturated carbocycles. The van der Waals surface area contributed by atoms with Gasteiger partial charge in [0.15, 0.2) is 32.2 Å². The van der Waals surface area contributed by atoms with Gasteiger partial charge in [-0.15, -0.1) is 0 Å². The molecule has 1 N–H and O–H groups in total. The number of hydrogen-bond acceptors (Lipinski definition) is 10. The molecule has 0 aliphatic heterocycles. The summed E-state index contributed by atoms with van der Waals surface area (Å²) in [4.78, 5) is 40.4. The number of aromatic nitrogens is 7. The van der Waals surface area contributed by atoms with Gasteiger partial charge >= 0.3 is 0 Å². The van der Waals surface area contributed by atoms with Crippen LogP contribution in [0, 0.1) is 6.92 Å². The van der Waals surface area contributed by atoms with E-state index in [4.69, 9.17) is 4.98 Å². The van der Waals surface area contributed by atoms with Gasteiger partial charge < -0.3 is 5.32 Å². The van der Waals surface area contributed by atoms with Crippen LogP contribution in [0.1, 0.15) is 62.0 Å². The molecule has 192 valence electrons. The minimum absolute atomic E-state index is 0.00365. The van der Waals surface area contributed by atoms with Crippen molar-refractivity contribution in [1.82, 2.24) is 34.5 Å². The third-order valence-corrected chi connectivity index (χ3v) is 7.56. The summed E-state index contributed by atoms with van der Waals surface area (Å²) in [5.74, 6) is 1.04. The number of rotatable bonds is 8. The number of anilines is 1. The van der Waals surface area contributed by atoms with E-state index in [9.17, 15) is 13.2 Å². The van der Waals surface area contributed by atoms with E-state index in [1.807, 2.05) is 20.8 Å². The van der Waals surface area contributed by atoms with Crippen molar-refractivity contribution in [2.45, 2.75) is 63.6 Å². The van der Waals surface area contributed by atoms with Crippen LogP contribution in [0.25, 0.3) is 22.6 Å². The fourth-order valence-electron chi connectivity index (χ4n) is 4.18. The third kappa shape index (κ3) is 4.93. The summed E-state index contributed by atoms with van der Waals surface area (Å²) < 4.78 is 25.0. The fourth-order valence-corrected chi connectivity index (χ4v) is 4.74. The Labute approximate surface area is 214 Å². The highest BCUT2D eigenvalue weighted by molar-refractivity contribution is 7.90. The van der Waals surface area contributed by atoms with Crippen molar-refractivity contribution in [3.8, 4) is 11.4 Å². The van der Waals surface area contributed by atoms with Gasteiger partial charge in [0.05, 0.1) is 23.1 Å². The van der Waals surface area contributed by atoms with Crippen LogP contribution in [0.5, 0.6) is 0 Å². The average Bonchev–Trinajstić information content (AvgIpc) is 3.72. The van der Waals surface area contributed by atoms with Gasteiger partial charge in [0.25, 0.3) is 5.56 Å². The highest BCUT2D eigenvalue weighted by Gasteiger charge is 2.30. The molecular weight excluding hydrogens is 492 g/mol.